The van der Waals surface area contributed by atoms with Gasteiger partial charge in [0.2, 0.25) is 0 Å². The number of aromatic nitrogens is 3. The Morgan fingerprint density at radius 2 is 1.84 bits per heavy atom. The normalized spacial score (nSPS) is 11.7. The van der Waals surface area contributed by atoms with Crippen LogP contribution >= 0.6 is 0 Å². The van der Waals surface area contributed by atoms with E-state index in [1.165, 1.54) is 18.3 Å². The van der Waals surface area contributed by atoms with Gasteiger partial charge in [0.05, 0.1) is 16.8 Å². The molecule has 0 radical (unpaired) electrons. The smallest absolute Gasteiger partial charge is 0.268 e. The molecule has 2 aromatic carbocycles. The Kier molecular flexibility index (Phi) is 5.47. The van der Waals surface area contributed by atoms with Gasteiger partial charge in [0.25, 0.3) is 10.0 Å². The number of aryl methyl sites for hydroxylation is 1. The van der Waals surface area contributed by atoms with Gasteiger partial charge < -0.3 is 5.32 Å². The van der Waals surface area contributed by atoms with E-state index in [2.05, 4.69) is 10.4 Å². The Bertz CT molecular complexity index is 1360. The monoisotopic (exact) mass is 442 g/mol. The quantitative estimate of drug-likeness (QED) is 0.493. The molecule has 0 fully saturated rings. The van der Waals surface area contributed by atoms with Crippen LogP contribution in [0.1, 0.15) is 5.56 Å². The van der Waals surface area contributed by atoms with Crippen molar-refractivity contribution in [2.45, 2.75) is 11.4 Å². The van der Waals surface area contributed by atoms with Crippen LogP contribution in [0.3, 0.4) is 0 Å². The molecule has 0 saturated heterocycles. The van der Waals surface area contributed by atoms with E-state index in [0.717, 1.165) is 21.7 Å². The number of halogens is 2. The average Bonchev–Trinajstić information content (AvgIpc) is 3.35. The molecule has 31 heavy (non-hydrogen) atoms. The highest BCUT2D eigenvalue weighted by atomic mass is 32.2. The minimum absolute atomic E-state index is 0.00394. The first kappa shape index (κ1) is 21.0. The molecule has 0 spiro atoms. The first-order valence-electron chi connectivity index (χ1n) is 9.45. The third kappa shape index (κ3) is 4.01. The summed E-state index contributed by atoms with van der Waals surface area (Å²) in [4.78, 5) is 0.0456. The first-order chi connectivity index (χ1) is 14.8. The van der Waals surface area contributed by atoms with E-state index < -0.39 is 21.7 Å². The lowest BCUT2D eigenvalue weighted by atomic mass is 10.1. The summed E-state index contributed by atoms with van der Waals surface area (Å²) < 4.78 is 57.7. The maximum atomic E-state index is 14.5. The summed E-state index contributed by atoms with van der Waals surface area (Å²) in [5.74, 6) is -1.57. The molecule has 160 valence electrons. The summed E-state index contributed by atoms with van der Waals surface area (Å²) in [6.45, 7) is 0.383. The van der Waals surface area contributed by atoms with Crippen molar-refractivity contribution >= 4 is 10.0 Å². The van der Waals surface area contributed by atoms with Crippen molar-refractivity contribution in [3.63, 3.8) is 0 Å². The molecule has 0 amide bonds. The second-order valence-electron chi connectivity index (χ2n) is 7.12. The second-order valence-corrected chi connectivity index (χ2v) is 8.93. The second kappa shape index (κ2) is 8.09. The standard InChI is InChI=1S/C22H20F2N4O2S/c1-25-11-15-8-22(20-7-6-18(23)10-21(20)24)28(13-15)31(29,30)19-5-3-4-16(9-19)17-12-26-27(2)14-17/h3-10,12-14,25H,11H2,1-2H3. The zero-order chi connectivity index (χ0) is 22.2. The van der Waals surface area contributed by atoms with Crippen molar-refractivity contribution < 1.29 is 17.2 Å². The molecule has 0 atom stereocenters. The number of nitrogens with one attached hydrogen (secondary N) is 1. The Balaban J connectivity index is 1.87. The third-order valence-corrected chi connectivity index (χ3v) is 6.53. The van der Waals surface area contributed by atoms with Crippen LogP contribution in [0.4, 0.5) is 8.78 Å². The fourth-order valence-corrected chi connectivity index (χ4v) is 4.85. The Labute approximate surface area is 178 Å². The molecule has 4 rings (SSSR count). The molecule has 0 saturated carbocycles. The average molecular weight is 442 g/mol. The van der Waals surface area contributed by atoms with Crippen molar-refractivity contribution in [1.82, 2.24) is 19.1 Å². The molecular weight excluding hydrogens is 422 g/mol. The van der Waals surface area contributed by atoms with E-state index in [-0.39, 0.29) is 16.2 Å². The van der Waals surface area contributed by atoms with Crippen LogP contribution in [0.25, 0.3) is 22.4 Å². The van der Waals surface area contributed by atoms with Gasteiger partial charge in [-0.15, -0.1) is 0 Å². The predicted molar refractivity (Wildman–Crippen MR) is 114 cm³/mol. The summed E-state index contributed by atoms with van der Waals surface area (Å²) in [6, 6.07) is 11.1. The van der Waals surface area contributed by atoms with Crippen LogP contribution in [0.15, 0.2) is 72.0 Å². The highest BCUT2D eigenvalue weighted by Crippen LogP contribution is 2.31. The molecule has 2 heterocycles. The lowest BCUT2D eigenvalue weighted by molar-refractivity contribution is 0.583. The molecule has 6 nitrogen and oxygen atoms in total. The predicted octanol–water partition coefficient (Wildman–Crippen LogP) is 3.79. The van der Waals surface area contributed by atoms with Gasteiger partial charge in [-0.1, -0.05) is 12.1 Å². The molecule has 4 aromatic rings. The van der Waals surface area contributed by atoms with Gasteiger partial charge in [-0.3, -0.25) is 4.68 Å². The zero-order valence-corrected chi connectivity index (χ0v) is 17.7. The van der Waals surface area contributed by atoms with Gasteiger partial charge in [0.15, 0.2) is 0 Å². The van der Waals surface area contributed by atoms with Crippen molar-refractivity contribution in [1.29, 1.82) is 0 Å². The topological polar surface area (TPSA) is 68.9 Å². The van der Waals surface area contributed by atoms with Gasteiger partial charge in [0.1, 0.15) is 11.6 Å². The van der Waals surface area contributed by atoms with E-state index in [9.17, 15) is 17.2 Å². The number of rotatable bonds is 6. The number of hydrogen-bond acceptors (Lipinski definition) is 4. The van der Waals surface area contributed by atoms with Crippen LogP contribution in [0.2, 0.25) is 0 Å². The maximum Gasteiger partial charge on any atom is 0.268 e. The lowest BCUT2D eigenvalue weighted by Gasteiger charge is -2.12. The maximum absolute atomic E-state index is 14.5. The van der Waals surface area contributed by atoms with E-state index in [1.807, 2.05) is 0 Å². The first-order valence-corrected chi connectivity index (χ1v) is 10.9. The Morgan fingerprint density at radius 1 is 1.03 bits per heavy atom. The van der Waals surface area contributed by atoms with Crippen LogP contribution in [-0.4, -0.2) is 29.2 Å². The van der Waals surface area contributed by atoms with Crippen LogP contribution in [0, 0.1) is 11.6 Å². The molecule has 0 aliphatic carbocycles. The minimum atomic E-state index is -4.06. The largest absolute Gasteiger partial charge is 0.316 e. The fraction of sp³-hybridized carbons (Fsp3) is 0.136. The number of nitrogens with zero attached hydrogens (tertiary/aromatic N) is 3. The van der Waals surface area contributed by atoms with Crippen molar-refractivity contribution in [3.8, 4) is 22.4 Å². The van der Waals surface area contributed by atoms with E-state index in [4.69, 9.17) is 0 Å². The van der Waals surface area contributed by atoms with Gasteiger partial charge in [-0.2, -0.15) is 5.10 Å². The lowest BCUT2D eigenvalue weighted by Crippen LogP contribution is -2.14. The highest BCUT2D eigenvalue weighted by molar-refractivity contribution is 7.90. The van der Waals surface area contributed by atoms with Gasteiger partial charge in [-0.25, -0.2) is 21.2 Å². The molecule has 0 aliphatic heterocycles. The summed E-state index contributed by atoms with van der Waals surface area (Å²) >= 11 is 0. The molecule has 1 N–H and O–H groups in total. The number of benzene rings is 2. The summed E-state index contributed by atoms with van der Waals surface area (Å²) in [6.07, 6.45) is 4.87. The Morgan fingerprint density at radius 3 is 2.52 bits per heavy atom. The zero-order valence-electron chi connectivity index (χ0n) is 16.9. The highest BCUT2D eigenvalue weighted by Gasteiger charge is 2.24. The molecule has 0 unspecified atom stereocenters. The molecule has 9 heteroatoms. The van der Waals surface area contributed by atoms with E-state index >= 15 is 0 Å². The van der Waals surface area contributed by atoms with E-state index in [1.54, 1.807) is 55.4 Å². The van der Waals surface area contributed by atoms with Crippen molar-refractivity contribution in [2.75, 3.05) is 7.05 Å². The van der Waals surface area contributed by atoms with Crippen molar-refractivity contribution in [2.24, 2.45) is 7.05 Å². The summed E-state index contributed by atoms with van der Waals surface area (Å²) in [5, 5.41) is 7.07. The van der Waals surface area contributed by atoms with Crippen molar-refractivity contribution in [3.05, 3.63) is 84.3 Å². The number of hydrogen-bond donors (Lipinski definition) is 1. The fourth-order valence-electron chi connectivity index (χ4n) is 3.41. The minimum Gasteiger partial charge on any atom is -0.316 e. The van der Waals surface area contributed by atoms with Gasteiger partial charge in [0, 0.05) is 43.2 Å². The molecular formula is C22H20F2N4O2S. The van der Waals surface area contributed by atoms with E-state index in [0.29, 0.717) is 17.7 Å². The molecule has 2 aromatic heterocycles. The summed E-state index contributed by atoms with van der Waals surface area (Å²) in [5.41, 5.74) is 2.22. The van der Waals surface area contributed by atoms with Crippen LogP contribution < -0.4 is 5.32 Å². The summed E-state index contributed by atoms with van der Waals surface area (Å²) in [7, 11) is -0.566. The molecule has 0 bridgehead atoms. The van der Waals surface area contributed by atoms with Gasteiger partial charge >= 0.3 is 0 Å². The van der Waals surface area contributed by atoms with Gasteiger partial charge in [-0.05, 0) is 48.5 Å². The SMILES string of the molecule is CNCc1cc(-c2ccc(F)cc2F)n(S(=O)(=O)c2cccc(-c3cnn(C)c3)c2)c1. The van der Waals surface area contributed by atoms with Crippen LogP contribution in [0.5, 0.6) is 0 Å². The molecule has 0 aliphatic rings. The third-order valence-electron chi connectivity index (χ3n) is 4.86. The Hall–Kier alpha value is -3.30. The van der Waals surface area contributed by atoms with Crippen LogP contribution in [-0.2, 0) is 23.6 Å².